The highest BCUT2D eigenvalue weighted by Crippen LogP contribution is 2.22. The summed E-state index contributed by atoms with van der Waals surface area (Å²) >= 11 is 0. The van der Waals surface area contributed by atoms with Gasteiger partial charge in [0.15, 0.2) is 5.96 Å². The van der Waals surface area contributed by atoms with Crippen LogP contribution in [0.3, 0.4) is 0 Å². The lowest BCUT2D eigenvalue weighted by atomic mass is 9.95. The molecule has 1 aromatic rings. The quantitative estimate of drug-likeness (QED) is 0.394. The number of aromatic hydroxyl groups is 1. The SMILES string of the molecule is CCS(=O)C1CCCC(NC(=NC)NCCCc2ccc(O)cc2)C1. The minimum atomic E-state index is -0.699. The molecule has 1 fully saturated rings. The van der Waals surface area contributed by atoms with Crippen molar-refractivity contribution in [2.24, 2.45) is 4.99 Å². The molecule has 0 saturated heterocycles. The van der Waals surface area contributed by atoms with Gasteiger partial charge >= 0.3 is 0 Å². The molecule has 3 unspecified atom stereocenters. The van der Waals surface area contributed by atoms with E-state index >= 15 is 0 Å². The second kappa shape index (κ2) is 10.4. The summed E-state index contributed by atoms with van der Waals surface area (Å²) in [5.74, 6) is 1.89. The second-order valence-electron chi connectivity index (χ2n) is 6.57. The fraction of sp³-hybridized carbons (Fsp3) is 0.632. The van der Waals surface area contributed by atoms with E-state index in [-0.39, 0.29) is 0 Å². The van der Waals surface area contributed by atoms with Crippen LogP contribution in [0.15, 0.2) is 29.3 Å². The van der Waals surface area contributed by atoms with Gasteiger partial charge < -0.3 is 15.7 Å². The molecule has 3 atom stereocenters. The van der Waals surface area contributed by atoms with E-state index in [9.17, 15) is 9.32 Å². The Morgan fingerprint density at radius 2 is 2.08 bits per heavy atom. The van der Waals surface area contributed by atoms with Crippen LogP contribution in [0.25, 0.3) is 0 Å². The summed E-state index contributed by atoms with van der Waals surface area (Å²) in [5.41, 5.74) is 1.22. The van der Waals surface area contributed by atoms with Crippen molar-refractivity contribution in [1.82, 2.24) is 10.6 Å². The van der Waals surface area contributed by atoms with E-state index in [1.54, 1.807) is 19.2 Å². The average Bonchev–Trinajstić information content (AvgIpc) is 2.65. The number of nitrogens with one attached hydrogen (secondary N) is 2. The molecule has 0 amide bonds. The number of phenols is 1. The lowest BCUT2D eigenvalue weighted by molar-refractivity contribution is 0.413. The Morgan fingerprint density at radius 1 is 1.32 bits per heavy atom. The van der Waals surface area contributed by atoms with Crippen molar-refractivity contribution < 1.29 is 9.32 Å². The topological polar surface area (TPSA) is 73.7 Å². The minimum absolute atomic E-state index is 0.307. The summed E-state index contributed by atoms with van der Waals surface area (Å²) in [6.07, 6.45) is 6.26. The molecular weight excluding hydrogens is 334 g/mol. The van der Waals surface area contributed by atoms with Gasteiger partial charge in [-0.3, -0.25) is 9.20 Å². The van der Waals surface area contributed by atoms with Crippen molar-refractivity contribution in [3.8, 4) is 5.75 Å². The van der Waals surface area contributed by atoms with Gasteiger partial charge in [0.1, 0.15) is 5.75 Å². The third-order valence-electron chi connectivity index (χ3n) is 4.72. The molecule has 140 valence electrons. The van der Waals surface area contributed by atoms with Gasteiger partial charge in [0.2, 0.25) is 0 Å². The normalized spacial score (nSPS) is 22.4. The standard InChI is InChI=1S/C19H31N3O2S/c1-3-25(24)18-8-4-7-16(14-18)22-19(20-2)21-13-5-6-15-9-11-17(23)12-10-15/h9-12,16,18,23H,3-8,13-14H2,1-2H3,(H2,20,21,22). The number of nitrogens with zero attached hydrogens (tertiary/aromatic N) is 1. The Morgan fingerprint density at radius 3 is 2.76 bits per heavy atom. The van der Waals surface area contributed by atoms with Gasteiger partial charge in [0.25, 0.3) is 0 Å². The molecule has 0 heterocycles. The van der Waals surface area contributed by atoms with Crippen LogP contribution in [-0.4, -0.2) is 45.9 Å². The molecule has 0 aliphatic heterocycles. The van der Waals surface area contributed by atoms with Crippen LogP contribution in [0.5, 0.6) is 5.75 Å². The second-order valence-corrected chi connectivity index (χ2v) is 8.57. The molecule has 5 nitrogen and oxygen atoms in total. The number of guanidine groups is 1. The van der Waals surface area contributed by atoms with Crippen molar-refractivity contribution in [1.29, 1.82) is 0 Å². The number of hydrogen-bond donors (Lipinski definition) is 3. The van der Waals surface area contributed by atoms with Gasteiger partial charge in [-0.15, -0.1) is 0 Å². The van der Waals surface area contributed by atoms with E-state index in [0.717, 1.165) is 56.8 Å². The van der Waals surface area contributed by atoms with E-state index in [1.165, 1.54) is 5.56 Å². The third kappa shape index (κ3) is 6.69. The summed E-state index contributed by atoms with van der Waals surface area (Å²) in [4.78, 5) is 4.31. The first-order chi connectivity index (χ1) is 12.1. The molecule has 1 aromatic carbocycles. The maximum absolute atomic E-state index is 12.1. The van der Waals surface area contributed by atoms with Crippen molar-refractivity contribution in [3.05, 3.63) is 29.8 Å². The summed E-state index contributed by atoms with van der Waals surface area (Å²) in [5, 5.41) is 16.5. The van der Waals surface area contributed by atoms with Crippen LogP contribution in [0.1, 0.15) is 44.6 Å². The number of rotatable bonds is 7. The van der Waals surface area contributed by atoms with Crippen LogP contribution < -0.4 is 10.6 Å². The number of aryl methyl sites for hydroxylation is 1. The molecule has 1 saturated carbocycles. The molecule has 6 heteroatoms. The molecular formula is C19H31N3O2S. The van der Waals surface area contributed by atoms with Crippen molar-refractivity contribution in [3.63, 3.8) is 0 Å². The summed E-state index contributed by atoms with van der Waals surface area (Å²) in [6.45, 7) is 2.85. The number of benzene rings is 1. The molecule has 1 aliphatic rings. The van der Waals surface area contributed by atoms with E-state index < -0.39 is 10.8 Å². The highest BCUT2D eigenvalue weighted by atomic mass is 32.2. The lowest BCUT2D eigenvalue weighted by Gasteiger charge is -2.30. The maximum Gasteiger partial charge on any atom is 0.191 e. The average molecular weight is 366 g/mol. The molecule has 0 bridgehead atoms. The molecule has 0 aromatic heterocycles. The molecule has 1 aliphatic carbocycles. The van der Waals surface area contributed by atoms with Crippen LogP contribution in [0, 0.1) is 0 Å². The zero-order valence-corrected chi connectivity index (χ0v) is 16.1. The molecule has 3 N–H and O–H groups in total. The van der Waals surface area contributed by atoms with Crippen LogP contribution in [-0.2, 0) is 17.2 Å². The Balaban J connectivity index is 1.71. The molecule has 0 radical (unpaired) electrons. The van der Waals surface area contributed by atoms with Gasteiger partial charge in [-0.25, -0.2) is 0 Å². The van der Waals surface area contributed by atoms with Crippen molar-refractivity contribution in [2.45, 2.75) is 56.7 Å². The van der Waals surface area contributed by atoms with E-state index in [2.05, 4.69) is 15.6 Å². The number of aliphatic imine (C=N–C) groups is 1. The van der Waals surface area contributed by atoms with E-state index in [4.69, 9.17) is 0 Å². The summed E-state index contributed by atoms with van der Waals surface area (Å²) in [6, 6.07) is 7.72. The molecule has 2 rings (SSSR count). The zero-order valence-electron chi connectivity index (χ0n) is 15.3. The highest BCUT2D eigenvalue weighted by molar-refractivity contribution is 7.85. The van der Waals surface area contributed by atoms with Crippen molar-refractivity contribution >= 4 is 16.8 Å². The third-order valence-corrected chi connectivity index (χ3v) is 6.46. The predicted molar refractivity (Wildman–Crippen MR) is 106 cm³/mol. The van der Waals surface area contributed by atoms with E-state index in [0.29, 0.717) is 17.0 Å². The number of hydrogen-bond acceptors (Lipinski definition) is 3. The Labute approximate surface area is 153 Å². The predicted octanol–water partition coefficient (Wildman–Crippen LogP) is 2.57. The highest BCUT2D eigenvalue weighted by Gasteiger charge is 2.25. The Kier molecular flexibility index (Phi) is 8.25. The van der Waals surface area contributed by atoms with Crippen molar-refractivity contribution in [2.75, 3.05) is 19.3 Å². The van der Waals surface area contributed by atoms with Crippen LogP contribution in [0.4, 0.5) is 0 Å². The molecule has 25 heavy (non-hydrogen) atoms. The Hall–Kier alpha value is -1.56. The summed E-state index contributed by atoms with van der Waals surface area (Å²) in [7, 11) is 1.09. The van der Waals surface area contributed by atoms with Gasteiger partial charge in [-0.05, 0) is 49.8 Å². The first-order valence-corrected chi connectivity index (χ1v) is 10.6. The fourth-order valence-corrected chi connectivity index (χ4v) is 4.65. The monoisotopic (exact) mass is 365 g/mol. The maximum atomic E-state index is 12.1. The fourth-order valence-electron chi connectivity index (χ4n) is 3.30. The van der Waals surface area contributed by atoms with Gasteiger partial charge in [-0.1, -0.05) is 25.5 Å². The zero-order chi connectivity index (χ0) is 18.1. The van der Waals surface area contributed by atoms with Gasteiger partial charge in [-0.2, -0.15) is 0 Å². The Bertz CT molecular complexity index is 575. The van der Waals surface area contributed by atoms with Gasteiger partial charge in [0, 0.05) is 41.4 Å². The lowest BCUT2D eigenvalue weighted by Crippen LogP contribution is -2.46. The van der Waals surface area contributed by atoms with E-state index in [1.807, 2.05) is 19.1 Å². The van der Waals surface area contributed by atoms with Gasteiger partial charge in [0.05, 0.1) is 0 Å². The smallest absolute Gasteiger partial charge is 0.191 e. The van der Waals surface area contributed by atoms with Crippen LogP contribution >= 0.6 is 0 Å². The first-order valence-electron chi connectivity index (χ1n) is 9.24. The summed E-state index contributed by atoms with van der Waals surface area (Å²) < 4.78 is 12.1. The van der Waals surface area contributed by atoms with Crippen LogP contribution in [0.2, 0.25) is 0 Å². The molecule has 0 spiro atoms. The number of phenolic OH excluding ortho intramolecular Hbond substituents is 1. The first kappa shape index (κ1) is 19.8. The minimum Gasteiger partial charge on any atom is -0.508 e. The largest absolute Gasteiger partial charge is 0.508 e.